The normalized spacial score (nSPS) is 12.1. The molecule has 158 valence electrons. The smallest absolute Gasteiger partial charge is 0.359 e. The first-order valence-corrected chi connectivity index (χ1v) is 8.42. The monoisotopic (exact) mass is 429 g/mol. The molecule has 1 amide bonds. The summed E-state index contributed by atoms with van der Waals surface area (Å²) >= 11 is 0. The minimum atomic E-state index is -4.64. The molecule has 5 nitrogen and oxygen atoms in total. The quantitative estimate of drug-likeness (QED) is 0.592. The number of aromatic nitrogens is 2. The number of pyridine rings is 1. The Morgan fingerprint density at radius 3 is 2.37 bits per heavy atom. The molecule has 3 rings (SSSR count). The Kier molecular flexibility index (Phi) is 5.55. The van der Waals surface area contributed by atoms with Crippen LogP contribution in [0.15, 0.2) is 47.0 Å². The number of amides is 1. The van der Waals surface area contributed by atoms with E-state index in [1.807, 2.05) is 0 Å². The Labute approximate surface area is 165 Å². The van der Waals surface area contributed by atoms with Crippen molar-refractivity contribution >= 4 is 5.91 Å². The first-order valence-electron chi connectivity index (χ1n) is 8.42. The van der Waals surface area contributed by atoms with Crippen LogP contribution in [-0.4, -0.2) is 16.0 Å². The van der Waals surface area contributed by atoms with E-state index in [9.17, 15) is 31.1 Å². The van der Waals surface area contributed by atoms with Crippen LogP contribution in [0, 0.1) is 6.92 Å². The van der Waals surface area contributed by atoms with Gasteiger partial charge in [-0.05, 0) is 25.1 Å². The highest BCUT2D eigenvalue weighted by Gasteiger charge is 2.34. The third-order valence-electron chi connectivity index (χ3n) is 4.11. The van der Waals surface area contributed by atoms with E-state index in [2.05, 4.69) is 15.5 Å². The number of rotatable bonds is 4. The summed E-state index contributed by atoms with van der Waals surface area (Å²) in [6.45, 7) is 1.02. The number of carbonyl (C=O) groups is 1. The molecule has 0 radical (unpaired) electrons. The summed E-state index contributed by atoms with van der Waals surface area (Å²) in [5, 5.41) is 6.01. The SMILES string of the molecule is Cc1nc(C(F)(F)F)ccc1C(=O)NCc1cc(-c2ccccc2C(F)(F)F)no1. The summed E-state index contributed by atoms with van der Waals surface area (Å²) in [6, 6.07) is 7.72. The lowest BCUT2D eigenvalue weighted by atomic mass is 10.0. The Hall–Kier alpha value is -3.37. The average Bonchev–Trinajstić information content (AvgIpc) is 3.13. The number of alkyl halides is 6. The molecular formula is C19H13F6N3O2. The lowest BCUT2D eigenvalue weighted by Gasteiger charge is -2.10. The molecule has 30 heavy (non-hydrogen) atoms. The van der Waals surface area contributed by atoms with Crippen molar-refractivity contribution in [2.75, 3.05) is 0 Å². The van der Waals surface area contributed by atoms with Gasteiger partial charge >= 0.3 is 12.4 Å². The Morgan fingerprint density at radius 1 is 1.03 bits per heavy atom. The lowest BCUT2D eigenvalue weighted by Crippen LogP contribution is -2.24. The van der Waals surface area contributed by atoms with Gasteiger partial charge in [0.25, 0.3) is 5.91 Å². The molecule has 0 fully saturated rings. The van der Waals surface area contributed by atoms with Crippen LogP contribution in [0.3, 0.4) is 0 Å². The number of benzene rings is 1. The molecule has 11 heteroatoms. The van der Waals surface area contributed by atoms with Crippen molar-refractivity contribution in [3.63, 3.8) is 0 Å². The first-order chi connectivity index (χ1) is 14.0. The summed E-state index contributed by atoms with van der Waals surface area (Å²) in [6.07, 6.45) is -9.22. The maximum atomic E-state index is 13.1. The van der Waals surface area contributed by atoms with Crippen molar-refractivity contribution in [2.24, 2.45) is 0 Å². The van der Waals surface area contributed by atoms with Crippen LogP contribution < -0.4 is 5.32 Å². The van der Waals surface area contributed by atoms with Crippen LogP contribution in [-0.2, 0) is 18.9 Å². The molecule has 0 aliphatic heterocycles. The first kappa shape index (κ1) is 21.3. The zero-order valence-corrected chi connectivity index (χ0v) is 15.2. The topological polar surface area (TPSA) is 68.0 Å². The summed E-state index contributed by atoms with van der Waals surface area (Å²) in [4.78, 5) is 15.6. The fourth-order valence-electron chi connectivity index (χ4n) is 2.70. The number of aryl methyl sites for hydroxylation is 1. The van der Waals surface area contributed by atoms with Gasteiger partial charge in [-0.25, -0.2) is 4.98 Å². The second-order valence-electron chi connectivity index (χ2n) is 6.23. The van der Waals surface area contributed by atoms with E-state index >= 15 is 0 Å². The molecule has 1 aromatic carbocycles. The molecule has 0 saturated heterocycles. The van der Waals surface area contributed by atoms with E-state index in [-0.39, 0.29) is 34.8 Å². The summed E-state index contributed by atoms with van der Waals surface area (Å²) in [7, 11) is 0. The van der Waals surface area contributed by atoms with Crippen molar-refractivity contribution in [1.29, 1.82) is 0 Å². The standard InChI is InChI=1S/C19H13F6N3O2/c1-10-12(6-7-16(27-10)19(23,24)25)17(29)26-9-11-8-15(28-30-11)13-4-2-3-5-14(13)18(20,21)22/h2-8H,9H2,1H3,(H,26,29). The molecule has 1 N–H and O–H groups in total. The highest BCUT2D eigenvalue weighted by atomic mass is 19.4. The molecule has 0 aliphatic carbocycles. The molecule has 2 aromatic heterocycles. The predicted molar refractivity (Wildman–Crippen MR) is 92.1 cm³/mol. The maximum absolute atomic E-state index is 13.1. The number of hydrogen-bond donors (Lipinski definition) is 1. The van der Waals surface area contributed by atoms with Crippen molar-refractivity contribution in [1.82, 2.24) is 15.5 Å². The van der Waals surface area contributed by atoms with Crippen LogP contribution >= 0.6 is 0 Å². The van der Waals surface area contributed by atoms with E-state index in [1.165, 1.54) is 31.2 Å². The largest absolute Gasteiger partial charge is 0.433 e. The van der Waals surface area contributed by atoms with Gasteiger partial charge in [0.15, 0.2) is 5.76 Å². The zero-order valence-electron chi connectivity index (χ0n) is 15.2. The number of nitrogens with zero attached hydrogens (tertiary/aromatic N) is 2. The Bertz CT molecular complexity index is 1070. The fraction of sp³-hybridized carbons (Fsp3) is 0.211. The van der Waals surface area contributed by atoms with Crippen molar-refractivity contribution < 1.29 is 35.7 Å². The molecule has 0 atom stereocenters. The van der Waals surface area contributed by atoms with E-state index < -0.39 is 29.5 Å². The molecule has 0 bridgehead atoms. The highest BCUT2D eigenvalue weighted by molar-refractivity contribution is 5.95. The highest BCUT2D eigenvalue weighted by Crippen LogP contribution is 2.36. The summed E-state index contributed by atoms with van der Waals surface area (Å²) < 4.78 is 82.3. The zero-order chi connectivity index (χ0) is 22.1. The van der Waals surface area contributed by atoms with Crippen LogP contribution in [0.1, 0.15) is 33.1 Å². The molecule has 2 heterocycles. The summed E-state index contributed by atoms with van der Waals surface area (Å²) in [5.41, 5.74) is -2.47. The van der Waals surface area contributed by atoms with Crippen LogP contribution in [0.4, 0.5) is 26.3 Å². The molecule has 0 spiro atoms. The predicted octanol–water partition coefficient (Wildman–Crippen LogP) is 5.01. The van der Waals surface area contributed by atoms with Gasteiger partial charge in [-0.15, -0.1) is 0 Å². The molecular weight excluding hydrogens is 416 g/mol. The molecule has 3 aromatic rings. The van der Waals surface area contributed by atoms with E-state index in [1.54, 1.807) is 0 Å². The second kappa shape index (κ2) is 7.81. The number of nitrogens with one attached hydrogen (secondary N) is 1. The van der Waals surface area contributed by atoms with Crippen molar-refractivity contribution in [3.05, 3.63) is 70.7 Å². The molecule has 0 aliphatic rings. The van der Waals surface area contributed by atoms with Crippen molar-refractivity contribution in [2.45, 2.75) is 25.8 Å². The van der Waals surface area contributed by atoms with Crippen LogP contribution in [0.5, 0.6) is 0 Å². The van der Waals surface area contributed by atoms with Gasteiger partial charge in [0, 0.05) is 11.6 Å². The summed E-state index contributed by atoms with van der Waals surface area (Å²) in [5.74, 6) is -0.657. The van der Waals surface area contributed by atoms with Crippen LogP contribution in [0.25, 0.3) is 11.3 Å². The van der Waals surface area contributed by atoms with Gasteiger partial charge < -0.3 is 9.84 Å². The van der Waals surface area contributed by atoms with E-state index in [0.717, 1.165) is 12.1 Å². The van der Waals surface area contributed by atoms with Crippen LogP contribution in [0.2, 0.25) is 0 Å². The molecule has 0 unspecified atom stereocenters. The fourth-order valence-corrected chi connectivity index (χ4v) is 2.70. The Morgan fingerprint density at radius 2 is 1.73 bits per heavy atom. The third kappa shape index (κ3) is 4.61. The second-order valence-corrected chi connectivity index (χ2v) is 6.23. The number of carbonyl (C=O) groups excluding carboxylic acids is 1. The van der Waals surface area contributed by atoms with Crippen molar-refractivity contribution in [3.8, 4) is 11.3 Å². The average molecular weight is 429 g/mol. The van der Waals surface area contributed by atoms with Gasteiger partial charge in [0.05, 0.1) is 23.4 Å². The van der Waals surface area contributed by atoms with E-state index in [4.69, 9.17) is 4.52 Å². The number of halogens is 6. The van der Waals surface area contributed by atoms with Gasteiger partial charge in [-0.3, -0.25) is 4.79 Å². The third-order valence-corrected chi connectivity index (χ3v) is 4.11. The minimum absolute atomic E-state index is 0.0628. The lowest BCUT2D eigenvalue weighted by molar-refractivity contribution is -0.141. The van der Waals surface area contributed by atoms with Gasteiger partial charge in [-0.2, -0.15) is 26.3 Å². The van der Waals surface area contributed by atoms with Gasteiger partial charge in [-0.1, -0.05) is 23.4 Å². The number of hydrogen-bond acceptors (Lipinski definition) is 4. The molecule has 0 saturated carbocycles. The van der Waals surface area contributed by atoms with Gasteiger partial charge in [0.2, 0.25) is 0 Å². The Balaban J connectivity index is 1.73. The minimum Gasteiger partial charge on any atom is -0.359 e. The maximum Gasteiger partial charge on any atom is 0.433 e. The van der Waals surface area contributed by atoms with Gasteiger partial charge in [0.1, 0.15) is 11.4 Å². The van der Waals surface area contributed by atoms with E-state index in [0.29, 0.717) is 6.07 Å².